The molecule has 474 valence electrons. The van der Waals surface area contributed by atoms with Crippen molar-refractivity contribution in [3.63, 3.8) is 0 Å². The molecule has 10 N–H and O–H groups in total. The number of epoxide rings is 1. The minimum absolute atomic E-state index is 0.00233. The molecule has 0 aliphatic carbocycles. The fraction of sp³-hybridized carbons (Fsp3) is 0.583. The summed E-state index contributed by atoms with van der Waals surface area (Å²) in [5, 5.41) is 56.2. The van der Waals surface area contributed by atoms with Crippen molar-refractivity contribution in [2.75, 3.05) is 27.3 Å². The van der Waals surface area contributed by atoms with Crippen molar-refractivity contribution >= 4 is 65.0 Å². The average Bonchev–Trinajstić information content (AvgIpc) is 3.25. The van der Waals surface area contributed by atoms with E-state index in [4.69, 9.17) is 45.1 Å². The van der Waals surface area contributed by atoms with Crippen LogP contribution in [0.1, 0.15) is 116 Å². The summed E-state index contributed by atoms with van der Waals surface area (Å²) in [5.74, 6) is -6.69. The van der Waals surface area contributed by atoms with E-state index in [9.17, 15) is 58.5 Å². The third kappa shape index (κ3) is 20.6. The summed E-state index contributed by atoms with van der Waals surface area (Å²) in [6, 6.07) is 8.60. The van der Waals surface area contributed by atoms with Crippen LogP contribution >= 0.6 is 11.6 Å². The number of methoxy groups -OCH3 is 2. The number of esters is 2. The van der Waals surface area contributed by atoms with Crippen molar-refractivity contribution in [2.24, 2.45) is 17.3 Å². The Kier molecular flexibility index (Phi) is 26.5. The number of amides is 6. The van der Waals surface area contributed by atoms with E-state index < -0.39 is 138 Å². The number of carboxylic acids is 1. The van der Waals surface area contributed by atoms with Crippen molar-refractivity contribution in [2.45, 2.75) is 179 Å². The Hall–Kier alpha value is -7.00. The molecule has 5 rings (SSSR count). The molecule has 86 heavy (non-hydrogen) atoms. The maximum atomic E-state index is 14.0. The van der Waals surface area contributed by atoms with E-state index in [2.05, 4.69) is 38.5 Å². The van der Waals surface area contributed by atoms with Crippen molar-refractivity contribution in [1.82, 2.24) is 31.9 Å². The summed E-state index contributed by atoms with van der Waals surface area (Å²) in [5.41, 5.74) is 0.968. The predicted molar refractivity (Wildman–Crippen MR) is 309 cm³/mol. The number of carbonyl (C=O) groups is 9. The van der Waals surface area contributed by atoms with E-state index in [1.165, 1.54) is 33.3 Å². The summed E-state index contributed by atoms with van der Waals surface area (Å²) < 4.78 is 33.8. The predicted octanol–water partition coefficient (Wildman–Crippen LogP) is 2.28. The van der Waals surface area contributed by atoms with Crippen LogP contribution in [0.25, 0.3) is 0 Å². The summed E-state index contributed by atoms with van der Waals surface area (Å²) in [4.78, 5) is 119. The fourth-order valence-corrected chi connectivity index (χ4v) is 9.85. The average molecular weight is 1230 g/mol. The number of carboxylic acid groups (broad SMARTS) is 1. The summed E-state index contributed by atoms with van der Waals surface area (Å²) >= 11 is 6.38. The Labute approximate surface area is 505 Å². The number of halogens is 1. The van der Waals surface area contributed by atoms with Crippen LogP contribution in [0, 0.1) is 17.3 Å². The van der Waals surface area contributed by atoms with E-state index in [0.29, 0.717) is 21.9 Å². The molecule has 3 aliphatic heterocycles. The summed E-state index contributed by atoms with van der Waals surface area (Å²) in [6.45, 7) is 13.8. The lowest BCUT2D eigenvalue weighted by atomic mass is 9.92. The van der Waals surface area contributed by atoms with Gasteiger partial charge in [0.05, 0.1) is 23.7 Å². The lowest BCUT2D eigenvalue weighted by molar-refractivity contribution is -0.283. The van der Waals surface area contributed by atoms with Gasteiger partial charge < -0.3 is 80.7 Å². The molecule has 2 aromatic carbocycles. The number of rotatable bonds is 26. The number of unbranched alkanes of at least 4 members (excludes halogenated alkanes) is 1. The molecule has 25 nitrogen and oxygen atoms in total. The van der Waals surface area contributed by atoms with Crippen LogP contribution in [0.4, 0.5) is 0 Å². The minimum Gasteiger partial charge on any atom is -0.495 e. The number of cyclic esters (lactones) is 2. The van der Waals surface area contributed by atoms with E-state index in [1.807, 2.05) is 20.8 Å². The number of aliphatic hydroxyl groups is 3. The first kappa shape index (κ1) is 69.8. The van der Waals surface area contributed by atoms with Gasteiger partial charge in [0.2, 0.25) is 29.5 Å². The molecule has 0 unspecified atom stereocenters. The molecule has 3 aliphatic rings. The fourth-order valence-electron chi connectivity index (χ4n) is 9.57. The molecule has 26 heteroatoms. The van der Waals surface area contributed by atoms with E-state index in [-0.39, 0.29) is 88.9 Å². The number of hydrogen-bond acceptors (Lipinski definition) is 18. The quantitative estimate of drug-likeness (QED) is 0.0279. The highest BCUT2D eigenvalue weighted by atomic mass is 35.5. The largest absolute Gasteiger partial charge is 0.495 e. The maximum Gasteiger partial charge on any atom is 0.347 e. The molecule has 3 heterocycles. The van der Waals surface area contributed by atoms with Gasteiger partial charge in [0.1, 0.15) is 54.4 Å². The number of carbonyl (C=O) groups excluding carboxylic acids is 8. The van der Waals surface area contributed by atoms with E-state index >= 15 is 0 Å². The Balaban J connectivity index is 1.27. The highest BCUT2D eigenvalue weighted by Crippen LogP contribution is 2.45. The SMILES string of the molecule is C=C(C)[C@H](NC(=O)CCCC(=O)O)C(=O)N[C@@H](CCCCNC(=O)[C@H]1O[C@@H](OC)[C@H](O)[C@@H](O)[C@@H]1O)C(=O)NCc1ccc([C@H]2O[C@@H]2[C@@H](C)[C@@H]2C/C=C/C(=O)N[C@H](Cc3ccc(OC)c(Cl)c3)C(=O)NCC(C)(C)C(=O)O[C@@H](CC(C)C)C(=O)O2)cc1. The van der Waals surface area contributed by atoms with Gasteiger partial charge in [-0.1, -0.05) is 75.4 Å². The smallest absolute Gasteiger partial charge is 0.347 e. The second kappa shape index (κ2) is 32.7. The molecule has 6 amide bonds. The molecule has 2 saturated heterocycles. The van der Waals surface area contributed by atoms with Gasteiger partial charge in [-0.25, -0.2) is 4.79 Å². The van der Waals surface area contributed by atoms with Gasteiger partial charge in [-0.15, -0.1) is 0 Å². The molecule has 2 aromatic rings. The topological polar surface area (TPSA) is 365 Å². The molecular weight excluding hydrogens is 1140 g/mol. The number of ether oxygens (including phenoxy) is 6. The zero-order valence-electron chi connectivity index (χ0n) is 49.8. The molecule has 0 aromatic heterocycles. The van der Waals surface area contributed by atoms with Gasteiger partial charge in [0.15, 0.2) is 18.5 Å². The van der Waals surface area contributed by atoms with Gasteiger partial charge in [-0.2, -0.15) is 0 Å². The minimum atomic E-state index is -1.76. The van der Waals surface area contributed by atoms with E-state index in [0.717, 1.165) is 5.56 Å². The number of aliphatic hydroxyl groups excluding tert-OH is 3. The van der Waals surface area contributed by atoms with Crippen LogP contribution in [0.2, 0.25) is 5.02 Å². The standard InChI is InChI=1S/C60H83ClN6O19/c1-31(2)26-42-57(79)83-40(15-12-16-43(68)65-39(28-35-21-24-41(81-8)37(61)27-35)54(76)64-30-60(6,7)59(80)84-42)33(5)50-51(85-50)36-22-19-34(20-23-36)29-63-53(75)38(66-55(77)46(32(3)4)67-44(69)17-13-18-45(70)71)14-10-11-25-62-56(78)52-48(73)47(72)49(74)58(82-9)86-52/h12,16,19-24,27,31,33,38-40,42,46-52,58,72-74H,3,10-11,13-15,17-18,25-26,28-30H2,1-2,4-9H3,(H,62,78)(H,63,75)(H,64,76)(H,65,68)(H,66,77)(H,67,69)(H,70,71)/b16-12+/t33-,38-,39+,40-,42-,46-,47-,48-,49+,50+,51+,52-,58+/m0/s1. The lowest BCUT2D eigenvalue weighted by Gasteiger charge is -2.38. The van der Waals surface area contributed by atoms with Crippen LogP contribution in [0.15, 0.2) is 66.8 Å². The second-order valence-electron chi connectivity index (χ2n) is 22.9. The highest BCUT2D eigenvalue weighted by Gasteiger charge is 2.49. The Morgan fingerprint density at radius 1 is 0.860 bits per heavy atom. The second-order valence-corrected chi connectivity index (χ2v) is 23.3. The Morgan fingerprint density at radius 2 is 1.56 bits per heavy atom. The number of benzene rings is 2. The molecule has 0 spiro atoms. The molecule has 2 fully saturated rings. The first-order valence-corrected chi connectivity index (χ1v) is 29.0. The van der Waals surface area contributed by atoms with Gasteiger partial charge in [-0.05, 0) is 99.3 Å². The first-order chi connectivity index (χ1) is 40.6. The van der Waals surface area contributed by atoms with Crippen LogP contribution in [-0.4, -0.2) is 168 Å². The van der Waals surface area contributed by atoms with Crippen LogP contribution in [0.5, 0.6) is 5.75 Å². The van der Waals surface area contributed by atoms with Crippen molar-refractivity contribution in [1.29, 1.82) is 0 Å². The van der Waals surface area contributed by atoms with Gasteiger partial charge in [0, 0.05) is 58.3 Å². The van der Waals surface area contributed by atoms with Crippen molar-refractivity contribution in [3.8, 4) is 5.75 Å². The molecular formula is C60H83ClN6O19. The summed E-state index contributed by atoms with van der Waals surface area (Å²) in [7, 11) is 2.67. The molecule has 0 saturated carbocycles. The van der Waals surface area contributed by atoms with Gasteiger partial charge in [-0.3, -0.25) is 38.4 Å². The highest BCUT2D eigenvalue weighted by molar-refractivity contribution is 6.32. The Bertz CT molecular complexity index is 2760. The third-order valence-electron chi connectivity index (χ3n) is 14.8. The first-order valence-electron chi connectivity index (χ1n) is 28.6. The van der Waals surface area contributed by atoms with Crippen LogP contribution in [0.3, 0.4) is 0 Å². The van der Waals surface area contributed by atoms with Gasteiger partial charge in [0.25, 0.3) is 5.91 Å². The number of hydrogen-bond donors (Lipinski definition) is 10. The van der Waals surface area contributed by atoms with Crippen molar-refractivity contribution in [3.05, 3.63) is 88.5 Å². The maximum absolute atomic E-state index is 14.0. The molecule has 0 radical (unpaired) electrons. The zero-order valence-corrected chi connectivity index (χ0v) is 50.5. The molecule has 13 atom stereocenters. The molecule has 0 bridgehead atoms. The monoisotopic (exact) mass is 1230 g/mol. The van der Waals surface area contributed by atoms with Crippen LogP contribution < -0.4 is 36.6 Å². The number of aliphatic carboxylic acids is 1. The van der Waals surface area contributed by atoms with E-state index in [1.54, 1.807) is 56.3 Å². The lowest BCUT2D eigenvalue weighted by Crippen LogP contribution is -2.61. The number of nitrogens with one attached hydrogen (secondary N) is 6. The Morgan fingerprint density at radius 3 is 2.20 bits per heavy atom. The normalized spacial score (nSPS) is 25.8. The van der Waals surface area contributed by atoms with Crippen molar-refractivity contribution < 1.29 is 92.0 Å². The van der Waals surface area contributed by atoms with Gasteiger partial charge >= 0.3 is 17.9 Å². The third-order valence-corrected chi connectivity index (χ3v) is 15.1. The zero-order chi connectivity index (χ0) is 63.6. The van der Waals surface area contributed by atoms with Crippen LogP contribution in [-0.2, 0) is 79.8 Å². The summed E-state index contributed by atoms with van der Waals surface area (Å²) in [6.07, 6.45) is -7.99.